The summed E-state index contributed by atoms with van der Waals surface area (Å²) in [6, 6.07) is 12.7. The first-order valence-corrected chi connectivity index (χ1v) is 10.5. The van der Waals surface area contributed by atoms with Gasteiger partial charge in [-0.15, -0.1) is 0 Å². The van der Waals surface area contributed by atoms with Crippen LogP contribution in [0.4, 0.5) is 4.39 Å². The Hall–Kier alpha value is -2.60. The number of hydrogen-bond donors (Lipinski definition) is 1. The summed E-state index contributed by atoms with van der Waals surface area (Å²) >= 11 is 0. The Morgan fingerprint density at radius 3 is 2.53 bits per heavy atom. The van der Waals surface area contributed by atoms with Crippen molar-refractivity contribution in [3.63, 3.8) is 0 Å². The summed E-state index contributed by atoms with van der Waals surface area (Å²) in [6.07, 6.45) is 2.20. The Morgan fingerprint density at radius 1 is 1.17 bits per heavy atom. The van der Waals surface area contributed by atoms with Gasteiger partial charge in [0.25, 0.3) is 0 Å². The maximum absolute atomic E-state index is 14.6. The molecule has 1 fully saturated rings. The largest absolute Gasteiger partial charge is 0.493 e. The van der Waals surface area contributed by atoms with Gasteiger partial charge < -0.3 is 14.8 Å². The molecule has 1 heterocycles. The molecular formula is C24H31FN2O3. The van der Waals surface area contributed by atoms with E-state index in [1.807, 2.05) is 18.2 Å². The Balaban J connectivity index is 1.77. The number of para-hydroxylation sites is 1. The van der Waals surface area contributed by atoms with Crippen LogP contribution in [0.1, 0.15) is 44.2 Å². The molecule has 5 nitrogen and oxygen atoms in total. The fourth-order valence-corrected chi connectivity index (χ4v) is 4.20. The molecule has 162 valence electrons. The minimum Gasteiger partial charge on any atom is -0.493 e. The van der Waals surface area contributed by atoms with Crippen molar-refractivity contribution in [2.45, 2.75) is 45.2 Å². The van der Waals surface area contributed by atoms with Crippen molar-refractivity contribution in [1.29, 1.82) is 0 Å². The van der Waals surface area contributed by atoms with Gasteiger partial charge in [-0.05, 0) is 31.4 Å². The Bertz CT molecular complexity index is 863. The number of nitrogens with one attached hydrogen (secondary N) is 1. The van der Waals surface area contributed by atoms with Crippen molar-refractivity contribution in [1.82, 2.24) is 10.2 Å². The van der Waals surface area contributed by atoms with Crippen LogP contribution in [-0.2, 0) is 16.9 Å². The molecule has 0 atom stereocenters. The monoisotopic (exact) mass is 414 g/mol. The van der Waals surface area contributed by atoms with E-state index >= 15 is 0 Å². The third-order valence-corrected chi connectivity index (χ3v) is 5.64. The molecule has 0 aromatic heterocycles. The van der Waals surface area contributed by atoms with Gasteiger partial charge >= 0.3 is 0 Å². The molecular weight excluding hydrogens is 383 g/mol. The zero-order valence-electron chi connectivity index (χ0n) is 18.0. The molecule has 1 saturated heterocycles. The second-order valence-electron chi connectivity index (χ2n) is 7.82. The van der Waals surface area contributed by atoms with Gasteiger partial charge in [0.05, 0.1) is 19.3 Å². The highest BCUT2D eigenvalue weighted by Gasteiger charge is 2.38. The molecule has 1 aliphatic heterocycles. The van der Waals surface area contributed by atoms with Gasteiger partial charge in [-0.1, -0.05) is 37.3 Å². The SMILES string of the molecule is CCCOc1c(CN2CCC(NC(C)=O)(c3ccccc3F)CC2)cccc1OC. The minimum absolute atomic E-state index is 0.144. The summed E-state index contributed by atoms with van der Waals surface area (Å²) in [4.78, 5) is 14.2. The first kappa shape index (κ1) is 22.1. The Labute approximate surface area is 178 Å². The fraction of sp³-hybridized carbons (Fsp3) is 0.458. The van der Waals surface area contributed by atoms with E-state index in [-0.39, 0.29) is 11.7 Å². The number of halogens is 1. The molecule has 0 spiro atoms. The summed E-state index contributed by atoms with van der Waals surface area (Å²) < 4.78 is 26.0. The fourth-order valence-electron chi connectivity index (χ4n) is 4.20. The number of amides is 1. The minimum atomic E-state index is -0.677. The second-order valence-corrected chi connectivity index (χ2v) is 7.82. The van der Waals surface area contributed by atoms with Gasteiger partial charge in [0.2, 0.25) is 5.91 Å². The molecule has 0 radical (unpaired) electrons. The van der Waals surface area contributed by atoms with Gasteiger partial charge in [0, 0.05) is 37.7 Å². The van der Waals surface area contributed by atoms with E-state index in [1.165, 1.54) is 13.0 Å². The molecule has 1 N–H and O–H groups in total. The molecule has 30 heavy (non-hydrogen) atoms. The van der Waals surface area contributed by atoms with Crippen LogP contribution < -0.4 is 14.8 Å². The zero-order valence-corrected chi connectivity index (χ0v) is 18.0. The van der Waals surface area contributed by atoms with E-state index in [9.17, 15) is 9.18 Å². The predicted molar refractivity (Wildman–Crippen MR) is 115 cm³/mol. The first-order valence-electron chi connectivity index (χ1n) is 10.5. The smallest absolute Gasteiger partial charge is 0.217 e. The van der Waals surface area contributed by atoms with Crippen LogP contribution in [0.2, 0.25) is 0 Å². The van der Waals surface area contributed by atoms with Gasteiger partial charge in [-0.25, -0.2) is 4.39 Å². The second kappa shape index (κ2) is 9.94. The lowest BCUT2D eigenvalue weighted by molar-refractivity contribution is -0.121. The zero-order chi connectivity index (χ0) is 21.6. The van der Waals surface area contributed by atoms with Crippen molar-refractivity contribution >= 4 is 5.91 Å². The average Bonchev–Trinajstić information content (AvgIpc) is 2.74. The number of likely N-dealkylation sites (tertiary alicyclic amines) is 1. The maximum Gasteiger partial charge on any atom is 0.217 e. The predicted octanol–water partition coefficient (Wildman–Crippen LogP) is 4.25. The lowest BCUT2D eigenvalue weighted by Crippen LogP contribution is -2.52. The van der Waals surface area contributed by atoms with Gasteiger partial charge in [-0.3, -0.25) is 9.69 Å². The summed E-state index contributed by atoms with van der Waals surface area (Å²) in [5.41, 5.74) is 0.956. The van der Waals surface area contributed by atoms with Crippen LogP contribution in [0.3, 0.4) is 0 Å². The van der Waals surface area contributed by atoms with Crippen LogP contribution >= 0.6 is 0 Å². The van der Waals surface area contributed by atoms with Crippen molar-refractivity contribution in [3.8, 4) is 11.5 Å². The molecule has 0 saturated carbocycles. The highest BCUT2D eigenvalue weighted by molar-refractivity contribution is 5.74. The summed E-state index contributed by atoms with van der Waals surface area (Å²) in [5, 5.41) is 3.04. The third-order valence-electron chi connectivity index (χ3n) is 5.64. The molecule has 2 aromatic rings. The normalized spacial score (nSPS) is 16.1. The quantitative estimate of drug-likeness (QED) is 0.702. The van der Waals surface area contributed by atoms with Crippen LogP contribution in [0.15, 0.2) is 42.5 Å². The molecule has 0 aliphatic carbocycles. The number of carbonyl (C=O) groups excluding carboxylic acids is 1. The van der Waals surface area contributed by atoms with Gasteiger partial charge in [0.1, 0.15) is 5.82 Å². The van der Waals surface area contributed by atoms with Crippen LogP contribution in [0.5, 0.6) is 11.5 Å². The van der Waals surface area contributed by atoms with E-state index in [0.29, 0.717) is 31.6 Å². The number of hydrogen-bond acceptors (Lipinski definition) is 4. The van der Waals surface area contributed by atoms with Crippen molar-refractivity contribution in [2.24, 2.45) is 0 Å². The third kappa shape index (κ3) is 4.93. The summed E-state index contributed by atoms with van der Waals surface area (Å²) in [6.45, 7) is 6.38. The lowest BCUT2D eigenvalue weighted by atomic mass is 9.80. The molecule has 0 unspecified atom stereocenters. The maximum atomic E-state index is 14.6. The summed E-state index contributed by atoms with van der Waals surface area (Å²) in [5.74, 6) is 1.10. The summed E-state index contributed by atoms with van der Waals surface area (Å²) in [7, 11) is 1.65. The van der Waals surface area contributed by atoms with Crippen LogP contribution in [0.25, 0.3) is 0 Å². The number of ether oxygens (including phenoxy) is 2. The number of methoxy groups -OCH3 is 1. The molecule has 1 aliphatic rings. The van der Waals surface area contributed by atoms with Gasteiger partial charge in [-0.2, -0.15) is 0 Å². The van der Waals surface area contributed by atoms with Crippen molar-refractivity contribution in [2.75, 3.05) is 26.8 Å². The van der Waals surface area contributed by atoms with E-state index in [1.54, 1.807) is 19.2 Å². The lowest BCUT2D eigenvalue weighted by Gasteiger charge is -2.43. The van der Waals surface area contributed by atoms with E-state index in [4.69, 9.17) is 9.47 Å². The van der Waals surface area contributed by atoms with Gasteiger partial charge in [0.15, 0.2) is 11.5 Å². The molecule has 1 amide bonds. The number of piperidine rings is 1. The van der Waals surface area contributed by atoms with Crippen molar-refractivity contribution < 1.29 is 18.7 Å². The highest BCUT2D eigenvalue weighted by Crippen LogP contribution is 2.37. The Kier molecular flexibility index (Phi) is 7.32. The highest BCUT2D eigenvalue weighted by atomic mass is 19.1. The molecule has 0 bridgehead atoms. The molecule has 6 heteroatoms. The van der Waals surface area contributed by atoms with Crippen LogP contribution in [0, 0.1) is 5.82 Å². The Morgan fingerprint density at radius 2 is 1.90 bits per heavy atom. The number of benzene rings is 2. The standard InChI is InChI=1S/C24H31FN2O3/c1-4-16-30-23-19(8-7-11-22(23)29-3)17-27-14-12-24(13-15-27,26-18(2)28)20-9-5-6-10-21(20)25/h5-11H,4,12-17H2,1-3H3,(H,26,28). The number of rotatable bonds is 8. The average molecular weight is 415 g/mol. The number of nitrogens with zero attached hydrogens (tertiary/aromatic N) is 1. The van der Waals surface area contributed by atoms with E-state index < -0.39 is 5.54 Å². The molecule has 2 aromatic carbocycles. The van der Waals surface area contributed by atoms with E-state index in [0.717, 1.165) is 36.6 Å². The van der Waals surface area contributed by atoms with Crippen molar-refractivity contribution in [3.05, 3.63) is 59.4 Å². The van der Waals surface area contributed by atoms with Crippen LogP contribution in [-0.4, -0.2) is 37.6 Å². The topological polar surface area (TPSA) is 50.8 Å². The van der Waals surface area contributed by atoms with E-state index in [2.05, 4.69) is 23.2 Å². The molecule has 3 rings (SSSR count). The first-order chi connectivity index (χ1) is 14.5. The number of carbonyl (C=O) groups is 1.